The van der Waals surface area contributed by atoms with E-state index in [4.69, 9.17) is 4.74 Å². The van der Waals surface area contributed by atoms with E-state index in [-0.39, 0.29) is 22.8 Å². The Balaban J connectivity index is 1.88. The Bertz CT molecular complexity index is 1410. The number of ketones is 2. The Morgan fingerprint density at radius 3 is 2.31 bits per heavy atom. The number of nitrogens with zero attached hydrogens (tertiary/aromatic N) is 2. The molecule has 4 rings (SSSR count). The molecule has 35 heavy (non-hydrogen) atoms. The minimum Gasteiger partial charge on any atom is -0.496 e. The molecule has 6 heteroatoms. The lowest BCUT2D eigenvalue weighted by Crippen LogP contribution is -2.13. The maximum atomic E-state index is 13.5. The largest absolute Gasteiger partial charge is 0.496 e. The van der Waals surface area contributed by atoms with E-state index in [0.29, 0.717) is 46.5 Å². The fourth-order valence-electron chi connectivity index (χ4n) is 4.17. The quantitative estimate of drug-likeness (QED) is 0.271. The van der Waals surface area contributed by atoms with Crippen molar-refractivity contribution in [3.8, 4) is 28.1 Å². The summed E-state index contributed by atoms with van der Waals surface area (Å²) < 4.78 is 20.8. The molecular formula is C29H29FN2O3. The molecule has 0 bridgehead atoms. The molecule has 0 aliphatic carbocycles. The summed E-state index contributed by atoms with van der Waals surface area (Å²) in [5.74, 6) is 0.282. The van der Waals surface area contributed by atoms with Gasteiger partial charge in [0, 0.05) is 35.7 Å². The summed E-state index contributed by atoms with van der Waals surface area (Å²) >= 11 is 0. The SMILES string of the molecule is CCC(=O)c1c(-c2ccc(F)cc2)nn2ccc(-c3cc(C(=O)CC(C)(C)C)ccc3OC)cc12. The highest BCUT2D eigenvalue weighted by Crippen LogP contribution is 2.35. The Kier molecular flexibility index (Phi) is 6.57. The second-order valence-electron chi connectivity index (χ2n) is 9.83. The van der Waals surface area contributed by atoms with Crippen molar-refractivity contribution in [3.63, 3.8) is 0 Å². The number of pyridine rings is 1. The summed E-state index contributed by atoms with van der Waals surface area (Å²) in [5.41, 5.74) is 4.35. The molecule has 0 amide bonds. The van der Waals surface area contributed by atoms with Gasteiger partial charge in [0.15, 0.2) is 11.6 Å². The number of hydrogen-bond donors (Lipinski definition) is 0. The second-order valence-corrected chi connectivity index (χ2v) is 9.83. The standard InChI is InChI=1S/C29H29FN2O3/c1-6-24(33)27-23-16-19(13-14-32(23)31-28(27)18-7-10-21(30)11-8-18)22-15-20(9-12-26(22)35-5)25(34)17-29(2,3)4/h7-16H,6,17H2,1-5H3. The second kappa shape index (κ2) is 9.45. The maximum absolute atomic E-state index is 13.5. The van der Waals surface area contributed by atoms with E-state index in [1.165, 1.54) is 12.1 Å². The predicted octanol–water partition coefficient (Wildman–Crippen LogP) is 7.03. The first-order chi connectivity index (χ1) is 16.6. The minimum absolute atomic E-state index is 0.0578. The van der Waals surface area contributed by atoms with Crippen LogP contribution in [0.15, 0.2) is 60.8 Å². The summed E-state index contributed by atoms with van der Waals surface area (Å²) in [6.45, 7) is 7.91. The summed E-state index contributed by atoms with van der Waals surface area (Å²) in [6.07, 6.45) is 2.52. The summed E-state index contributed by atoms with van der Waals surface area (Å²) in [5, 5.41) is 4.63. The average Bonchev–Trinajstić information content (AvgIpc) is 3.21. The van der Waals surface area contributed by atoms with Crippen LogP contribution in [0.25, 0.3) is 27.9 Å². The maximum Gasteiger partial charge on any atom is 0.167 e. The van der Waals surface area contributed by atoms with Gasteiger partial charge < -0.3 is 4.74 Å². The van der Waals surface area contributed by atoms with Crippen LogP contribution in [0, 0.1) is 11.2 Å². The number of benzene rings is 2. The monoisotopic (exact) mass is 472 g/mol. The van der Waals surface area contributed by atoms with Crippen LogP contribution in [-0.4, -0.2) is 28.3 Å². The van der Waals surface area contributed by atoms with Crippen molar-refractivity contribution >= 4 is 17.1 Å². The first-order valence-corrected chi connectivity index (χ1v) is 11.6. The van der Waals surface area contributed by atoms with Crippen LogP contribution in [0.3, 0.4) is 0 Å². The molecule has 0 radical (unpaired) electrons. The number of Topliss-reactive ketones (excluding diaryl/α,β-unsaturated/α-hetero) is 2. The van der Waals surface area contributed by atoms with Crippen molar-refractivity contribution in [2.24, 2.45) is 5.41 Å². The minimum atomic E-state index is -0.351. The van der Waals surface area contributed by atoms with Gasteiger partial charge in [-0.1, -0.05) is 27.7 Å². The lowest BCUT2D eigenvalue weighted by Gasteiger charge is -2.17. The van der Waals surface area contributed by atoms with Crippen LogP contribution < -0.4 is 4.74 Å². The normalized spacial score (nSPS) is 11.6. The van der Waals surface area contributed by atoms with Crippen LogP contribution in [0.5, 0.6) is 5.75 Å². The van der Waals surface area contributed by atoms with Crippen molar-refractivity contribution in [2.45, 2.75) is 40.5 Å². The smallest absolute Gasteiger partial charge is 0.167 e. The van der Waals surface area contributed by atoms with E-state index >= 15 is 0 Å². The Hall–Kier alpha value is -3.80. The van der Waals surface area contributed by atoms with Crippen LogP contribution in [-0.2, 0) is 0 Å². The van der Waals surface area contributed by atoms with Crippen molar-refractivity contribution in [2.75, 3.05) is 7.11 Å². The number of methoxy groups -OCH3 is 1. The fraction of sp³-hybridized carbons (Fsp3) is 0.276. The van der Waals surface area contributed by atoms with Gasteiger partial charge in [0.25, 0.3) is 0 Å². The van der Waals surface area contributed by atoms with Crippen molar-refractivity contribution in [1.29, 1.82) is 0 Å². The van der Waals surface area contributed by atoms with Crippen LogP contribution in [0.4, 0.5) is 4.39 Å². The van der Waals surface area contributed by atoms with Gasteiger partial charge in [-0.2, -0.15) is 5.10 Å². The number of fused-ring (bicyclic) bond motifs is 1. The number of carbonyl (C=O) groups excluding carboxylic acids is 2. The molecule has 0 N–H and O–H groups in total. The van der Waals surface area contributed by atoms with Gasteiger partial charge in [0.1, 0.15) is 17.3 Å². The topological polar surface area (TPSA) is 60.7 Å². The number of hydrogen-bond acceptors (Lipinski definition) is 4. The Morgan fingerprint density at radius 1 is 0.971 bits per heavy atom. The molecule has 2 aromatic carbocycles. The van der Waals surface area contributed by atoms with Gasteiger partial charge >= 0.3 is 0 Å². The van der Waals surface area contributed by atoms with E-state index in [2.05, 4.69) is 5.10 Å². The first-order valence-electron chi connectivity index (χ1n) is 11.6. The zero-order valence-electron chi connectivity index (χ0n) is 20.7. The molecule has 2 aromatic heterocycles. The van der Waals surface area contributed by atoms with Gasteiger partial charge in [0.05, 0.1) is 18.2 Å². The van der Waals surface area contributed by atoms with Gasteiger partial charge in [-0.05, 0) is 65.6 Å². The average molecular weight is 473 g/mol. The number of carbonyl (C=O) groups is 2. The lowest BCUT2D eigenvalue weighted by molar-refractivity contribution is 0.0938. The molecule has 4 aromatic rings. The molecule has 180 valence electrons. The molecule has 0 aliphatic heterocycles. The van der Waals surface area contributed by atoms with Gasteiger partial charge in [-0.3, -0.25) is 9.59 Å². The zero-order chi connectivity index (χ0) is 25.3. The van der Waals surface area contributed by atoms with Gasteiger partial charge in [0.2, 0.25) is 0 Å². The number of aromatic nitrogens is 2. The van der Waals surface area contributed by atoms with Crippen molar-refractivity contribution < 1.29 is 18.7 Å². The van der Waals surface area contributed by atoms with E-state index < -0.39 is 0 Å². The third kappa shape index (κ3) is 5.02. The van der Waals surface area contributed by atoms with Gasteiger partial charge in [-0.25, -0.2) is 8.91 Å². The zero-order valence-corrected chi connectivity index (χ0v) is 20.7. The van der Waals surface area contributed by atoms with Crippen LogP contribution >= 0.6 is 0 Å². The third-order valence-electron chi connectivity index (χ3n) is 5.88. The number of rotatable bonds is 7. The van der Waals surface area contributed by atoms with Gasteiger partial charge in [-0.15, -0.1) is 0 Å². The molecule has 0 atom stereocenters. The number of halogens is 1. The third-order valence-corrected chi connectivity index (χ3v) is 5.88. The van der Waals surface area contributed by atoms with E-state index in [1.54, 1.807) is 49.0 Å². The van der Waals surface area contributed by atoms with E-state index in [9.17, 15) is 14.0 Å². The molecule has 2 heterocycles. The first kappa shape index (κ1) is 24.3. The summed E-state index contributed by atoms with van der Waals surface area (Å²) in [6, 6.07) is 15.2. The number of ether oxygens (including phenoxy) is 1. The molecule has 5 nitrogen and oxygen atoms in total. The van der Waals surface area contributed by atoms with Crippen molar-refractivity contribution in [1.82, 2.24) is 9.61 Å². The molecule has 0 aliphatic rings. The lowest BCUT2D eigenvalue weighted by atomic mass is 9.87. The van der Waals surface area contributed by atoms with Crippen molar-refractivity contribution in [3.05, 3.63) is 77.7 Å². The predicted molar refractivity (Wildman–Crippen MR) is 136 cm³/mol. The van der Waals surface area contributed by atoms with Crippen LogP contribution in [0.2, 0.25) is 0 Å². The Labute approximate surface area is 204 Å². The summed E-state index contributed by atoms with van der Waals surface area (Å²) in [4.78, 5) is 25.9. The molecule has 0 spiro atoms. The fourth-order valence-corrected chi connectivity index (χ4v) is 4.17. The van der Waals surface area contributed by atoms with E-state index in [1.807, 2.05) is 39.0 Å². The highest BCUT2D eigenvalue weighted by molar-refractivity contribution is 6.08. The highest BCUT2D eigenvalue weighted by Gasteiger charge is 2.22. The molecule has 0 saturated heterocycles. The highest BCUT2D eigenvalue weighted by atomic mass is 19.1. The van der Waals surface area contributed by atoms with Crippen LogP contribution in [0.1, 0.15) is 61.3 Å². The van der Waals surface area contributed by atoms with E-state index in [0.717, 1.165) is 11.1 Å². The molecular weight excluding hydrogens is 443 g/mol. The Morgan fingerprint density at radius 2 is 1.69 bits per heavy atom. The molecule has 0 saturated carbocycles. The summed E-state index contributed by atoms with van der Waals surface area (Å²) in [7, 11) is 1.59. The molecule has 0 fully saturated rings. The molecule has 0 unspecified atom stereocenters.